The number of halogens is 1. The standard InChI is InChI=1S/C33H37ClN8O6/c1-4-48-32(44)28-8-6-5-7-27(40-31(43)14-9-21-16-24(34)10-13-30(21)42(35)20-37-36-2)23-15-22(18-41(46)19-23)26-12-11-25(17-29(26)39-28)38-33(45)47-3/h9-20,27-28,39H,2,4-8,35H2,1,3H3,(H,38,45)(H,40,43)/b14-9+,37-20-/t27-,28+/m0/s1. The fourth-order valence-electron chi connectivity index (χ4n) is 5.21. The highest BCUT2D eigenvalue weighted by Gasteiger charge is 2.25. The predicted molar refractivity (Wildman–Crippen MR) is 185 cm³/mol. The Bertz CT molecular complexity index is 1720. The van der Waals surface area contributed by atoms with Crippen LogP contribution in [0.2, 0.25) is 5.02 Å². The Morgan fingerprint density at radius 3 is 2.73 bits per heavy atom. The molecule has 1 aromatic heterocycles. The third-order valence-electron chi connectivity index (χ3n) is 7.42. The van der Waals surface area contributed by atoms with Gasteiger partial charge >= 0.3 is 12.1 Å². The third-order valence-corrected chi connectivity index (χ3v) is 7.66. The number of hydrogen-bond donors (Lipinski definition) is 4. The smallest absolute Gasteiger partial charge is 0.411 e. The molecule has 0 unspecified atom stereocenters. The summed E-state index contributed by atoms with van der Waals surface area (Å²) in [5.74, 6) is 5.21. The SMILES string of the molecule is C=N/N=C\N(N)c1ccc(Cl)cc1/C=C/C(=O)N[C@H]1CCCC[C@H](C(=O)OCC)Nc2cc(NC(=O)OC)ccc2-c2cc1c[n+]([O-])c2. The van der Waals surface area contributed by atoms with Crippen LogP contribution in [0.25, 0.3) is 17.2 Å². The molecular formula is C33H37ClN8O6. The molecule has 0 radical (unpaired) electrons. The van der Waals surface area contributed by atoms with Gasteiger partial charge in [-0.1, -0.05) is 30.5 Å². The van der Waals surface area contributed by atoms with E-state index in [4.69, 9.17) is 26.9 Å². The van der Waals surface area contributed by atoms with Crippen molar-refractivity contribution in [2.45, 2.75) is 44.7 Å². The minimum atomic E-state index is -0.712. The third kappa shape index (κ3) is 9.53. The molecule has 3 aromatic rings. The Balaban J connectivity index is 1.69. The van der Waals surface area contributed by atoms with E-state index in [9.17, 15) is 19.6 Å². The number of ether oxygens (including phenoxy) is 2. The van der Waals surface area contributed by atoms with Gasteiger partial charge in [-0.25, -0.2) is 15.4 Å². The van der Waals surface area contributed by atoms with Gasteiger partial charge in [-0.05, 0) is 62.2 Å². The molecule has 2 heterocycles. The van der Waals surface area contributed by atoms with Gasteiger partial charge in [-0.3, -0.25) is 15.1 Å². The van der Waals surface area contributed by atoms with Crippen molar-refractivity contribution in [3.05, 3.63) is 82.3 Å². The topological polar surface area (TPSA) is 187 Å². The number of amides is 2. The van der Waals surface area contributed by atoms with Gasteiger partial charge in [-0.2, -0.15) is 9.83 Å². The number of pyridine rings is 1. The number of fused-ring (bicyclic) bond motifs is 4. The monoisotopic (exact) mass is 676 g/mol. The summed E-state index contributed by atoms with van der Waals surface area (Å²) in [4.78, 5) is 38.2. The van der Waals surface area contributed by atoms with Crippen molar-refractivity contribution < 1.29 is 28.6 Å². The molecule has 252 valence electrons. The van der Waals surface area contributed by atoms with Crippen LogP contribution in [0.1, 0.15) is 49.8 Å². The van der Waals surface area contributed by atoms with Crippen LogP contribution in [0.5, 0.6) is 0 Å². The molecule has 5 N–H and O–H groups in total. The van der Waals surface area contributed by atoms with Crippen molar-refractivity contribution in [2.24, 2.45) is 16.0 Å². The first-order valence-corrected chi connectivity index (χ1v) is 15.5. The van der Waals surface area contributed by atoms with Gasteiger partial charge in [0.05, 0.1) is 25.4 Å². The Labute approximate surface area is 282 Å². The van der Waals surface area contributed by atoms with Crippen molar-refractivity contribution in [2.75, 3.05) is 29.4 Å². The van der Waals surface area contributed by atoms with Gasteiger partial charge in [0.2, 0.25) is 5.91 Å². The van der Waals surface area contributed by atoms with E-state index in [0.29, 0.717) is 74.8 Å². The first-order chi connectivity index (χ1) is 23.1. The maximum Gasteiger partial charge on any atom is 0.411 e. The molecule has 48 heavy (non-hydrogen) atoms. The number of hydrazine groups is 1. The van der Waals surface area contributed by atoms with Crippen LogP contribution in [-0.4, -0.2) is 50.8 Å². The second-order valence-corrected chi connectivity index (χ2v) is 11.1. The normalized spacial score (nSPS) is 16.1. The number of hydrogen-bond acceptors (Lipinski definition) is 10. The summed E-state index contributed by atoms with van der Waals surface area (Å²) < 4.78 is 10.7. The molecule has 2 atom stereocenters. The van der Waals surface area contributed by atoms with E-state index < -0.39 is 30.1 Å². The number of methoxy groups -OCH3 is 1. The average molecular weight is 677 g/mol. The summed E-state index contributed by atoms with van der Waals surface area (Å²) in [6.07, 6.45) is 8.46. The second kappa shape index (κ2) is 16.9. The maximum atomic E-state index is 13.3. The zero-order valence-corrected chi connectivity index (χ0v) is 27.3. The molecule has 0 spiro atoms. The van der Waals surface area contributed by atoms with E-state index >= 15 is 0 Å². The molecule has 15 heteroatoms. The number of esters is 1. The van der Waals surface area contributed by atoms with E-state index in [1.165, 1.54) is 36.9 Å². The van der Waals surface area contributed by atoms with Crippen molar-refractivity contribution in [3.63, 3.8) is 0 Å². The minimum absolute atomic E-state index is 0.202. The number of nitrogens with zero attached hydrogens (tertiary/aromatic N) is 4. The highest BCUT2D eigenvalue weighted by molar-refractivity contribution is 6.30. The number of aromatic nitrogens is 1. The van der Waals surface area contributed by atoms with Gasteiger partial charge in [0.1, 0.15) is 12.4 Å². The summed E-state index contributed by atoms with van der Waals surface area (Å²) in [5.41, 5.74) is 3.65. The van der Waals surface area contributed by atoms with Crippen LogP contribution >= 0.6 is 11.6 Å². The van der Waals surface area contributed by atoms with Gasteiger partial charge < -0.3 is 25.3 Å². The number of anilines is 3. The van der Waals surface area contributed by atoms with Gasteiger partial charge in [-0.15, -0.1) is 5.10 Å². The molecule has 1 aliphatic heterocycles. The van der Waals surface area contributed by atoms with Gasteiger partial charge in [0.25, 0.3) is 0 Å². The lowest BCUT2D eigenvalue weighted by Gasteiger charge is -2.24. The lowest BCUT2D eigenvalue weighted by Crippen LogP contribution is -2.33. The van der Waals surface area contributed by atoms with E-state index in [1.54, 1.807) is 49.4 Å². The van der Waals surface area contributed by atoms with Crippen LogP contribution in [0.4, 0.5) is 21.9 Å². The van der Waals surface area contributed by atoms with Crippen LogP contribution < -0.4 is 31.5 Å². The number of rotatable bonds is 9. The fraction of sp³-hybridized carbons (Fsp3) is 0.273. The molecule has 14 nitrogen and oxygen atoms in total. The molecule has 2 aromatic carbocycles. The summed E-state index contributed by atoms with van der Waals surface area (Å²) in [5, 5.41) is 30.6. The predicted octanol–water partition coefficient (Wildman–Crippen LogP) is 4.93. The summed E-state index contributed by atoms with van der Waals surface area (Å²) >= 11 is 6.21. The zero-order valence-electron chi connectivity index (χ0n) is 26.5. The molecule has 0 aliphatic carbocycles. The first-order valence-electron chi connectivity index (χ1n) is 15.1. The number of nitrogens with one attached hydrogen (secondary N) is 3. The Morgan fingerprint density at radius 2 is 1.98 bits per heavy atom. The maximum absolute atomic E-state index is 13.3. The van der Waals surface area contributed by atoms with Crippen LogP contribution in [0, 0.1) is 5.21 Å². The average Bonchev–Trinajstić information content (AvgIpc) is 3.06. The first kappa shape index (κ1) is 35.4. The number of benzene rings is 2. The number of carbonyl (C=O) groups excluding carboxylic acids is 3. The lowest BCUT2D eigenvalue weighted by atomic mass is 9.95. The van der Waals surface area contributed by atoms with E-state index in [2.05, 4.69) is 32.9 Å². The Hall–Kier alpha value is -5.47. The highest BCUT2D eigenvalue weighted by atomic mass is 35.5. The summed E-state index contributed by atoms with van der Waals surface area (Å²) in [6.45, 7) is 5.22. The fourth-order valence-corrected chi connectivity index (χ4v) is 5.39. The van der Waals surface area contributed by atoms with Crippen molar-refractivity contribution in [1.82, 2.24) is 5.32 Å². The largest absolute Gasteiger partial charge is 0.619 e. The molecule has 0 saturated heterocycles. The molecule has 2 amide bonds. The van der Waals surface area contributed by atoms with Gasteiger partial charge in [0.15, 0.2) is 12.4 Å². The molecule has 2 bridgehead atoms. The Morgan fingerprint density at radius 1 is 1.19 bits per heavy atom. The summed E-state index contributed by atoms with van der Waals surface area (Å²) in [7, 11) is 1.25. The molecule has 0 fully saturated rings. The van der Waals surface area contributed by atoms with Crippen molar-refractivity contribution in [1.29, 1.82) is 0 Å². The molecular weight excluding hydrogens is 640 g/mol. The highest BCUT2D eigenvalue weighted by Crippen LogP contribution is 2.34. The van der Waals surface area contributed by atoms with Crippen molar-refractivity contribution in [3.8, 4) is 11.1 Å². The van der Waals surface area contributed by atoms with Crippen LogP contribution in [-0.2, 0) is 19.1 Å². The molecule has 1 aliphatic rings. The van der Waals surface area contributed by atoms with E-state index in [0.717, 1.165) is 0 Å². The van der Waals surface area contributed by atoms with E-state index in [-0.39, 0.29) is 6.61 Å². The summed E-state index contributed by atoms with van der Waals surface area (Å²) in [6, 6.07) is 10.5. The molecule has 0 saturated carbocycles. The minimum Gasteiger partial charge on any atom is -0.619 e. The van der Waals surface area contributed by atoms with E-state index in [1.807, 2.05) is 6.07 Å². The van der Waals surface area contributed by atoms with Crippen molar-refractivity contribution >= 4 is 65.8 Å². The van der Waals surface area contributed by atoms with Gasteiger partial charge in [0, 0.05) is 51.4 Å². The second-order valence-electron chi connectivity index (χ2n) is 10.7. The Kier molecular flexibility index (Phi) is 12.5. The number of nitrogens with two attached hydrogens (primary N) is 1. The van der Waals surface area contributed by atoms with Crippen LogP contribution in [0.3, 0.4) is 0 Å². The zero-order chi connectivity index (χ0) is 34.6. The van der Waals surface area contributed by atoms with Crippen LogP contribution in [0.15, 0.2) is 71.1 Å². The lowest BCUT2D eigenvalue weighted by molar-refractivity contribution is -0.605. The number of carbonyl (C=O) groups is 3. The molecule has 4 rings (SSSR count). The quantitative estimate of drug-likeness (QED) is 0.0356.